The zero-order valence-corrected chi connectivity index (χ0v) is 17.1. The van der Waals surface area contributed by atoms with Gasteiger partial charge in [0.15, 0.2) is 11.5 Å². The van der Waals surface area contributed by atoms with Gasteiger partial charge in [-0.05, 0) is 58.9 Å². The summed E-state index contributed by atoms with van der Waals surface area (Å²) in [5.74, 6) is -0.567. The molecule has 0 fully saturated rings. The van der Waals surface area contributed by atoms with Crippen LogP contribution < -0.4 is 14.8 Å². The Hall–Kier alpha value is -2.55. The summed E-state index contributed by atoms with van der Waals surface area (Å²) < 4.78 is 12.4. The maximum Gasteiger partial charge on any atom is 0.352 e. The molecule has 27 heavy (non-hydrogen) atoms. The molecule has 0 aliphatic rings. The first-order valence-electron chi connectivity index (χ1n) is 8.26. The minimum absolute atomic E-state index is 0.210. The highest BCUT2D eigenvalue weighted by Crippen LogP contribution is 2.35. The van der Waals surface area contributed by atoms with E-state index in [4.69, 9.17) is 9.47 Å². The van der Waals surface area contributed by atoms with Crippen LogP contribution in [0.4, 0.5) is 0 Å². The second kappa shape index (κ2) is 9.96. The monoisotopic (exact) mass is 481 g/mol. The van der Waals surface area contributed by atoms with Crippen LogP contribution in [0.5, 0.6) is 11.5 Å². The predicted molar refractivity (Wildman–Crippen MR) is 111 cm³/mol. The van der Waals surface area contributed by atoms with Gasteiger partial charge in [0, 0.05) is 6.92 Å². The van der Waals surface area contributed by atoms with Crippen molar-refractivity contribution in [1.82, 2.24) is 5.32 Å². The van der Waals surface area contributed by atoms with Gasteiger partial charge in [-0.1, -0.05) is 30.3 Å². The van der Waals surface area contributed by atoms with Crippen molar-refractivity contribution in [1.29, 1.82) is 0 Å². The lowest BCUT2D eigenvalue weighted by molar-refractivity contribution is -0.134. The van der Waals surface area contributed by atoms with E-state index in [9.17, 15) is 14.7 Å². The number of carboxylic acids is 1. The summed E-state index contributed by atoms with van der Waals surface area (Å²) in [4.78, 5) is 22.5. The molecular weight excluding hydrogens is 461 g/mol. The highest BCUT2D eigenvalue weighted by molar-refractivity contribution is 14.1. The summed E-state index contributed by atoms with van der Waals surface area (Å²) in [6.07, 6.45) is 1.38. The first-order valence-corrected chi connectivity index (χ1v) is 9.34. The summed E-state index contributed by atoms with van der Waals surface area (Å²) in [7, 11) is 0. The maximum absolute atomic E-state index is 11.3. The third-order valence-electron chi connectivity index (χ3n) is 3.41. The van der Waals surface area contributed by atoms with Crippen LogP contribution in [0.2, 0.25) is 0 Å². The molecule has 0 spiro atoms. The van der Waals surface area contributed by atoms with Crippen molar-refractivity contribution in [3.05, 3.63) is 62.9 Å². The minimum Gasteiger partial charge on any atom is -0.490 e. The Labute approximate surface area is 171 Å². The maximum atomic E-state index is 11.3. The third-order valence-corrected chi connectivity index (χ3v) is 4.21. The van der Waals surface area contributed by atoms with Crippen LogP contribution in [-0.4, -0.2) is 23.6 Å². The molecule has 2 aromatic rings. The lowest BCUT2D eigenvalue weighted by Gasteiger charge is -2.15. The van der Waals surface area contributed by atoms with Crippen molar-refractivity contribution >= 4 is 40.5 Å². The van der Waals surface area contributed by atoms with Gasteiger partial charge in [-0.25, -0.2) is 4.79 Å². The summed E-state index contributed by atoms with van der Waals surface area (Å²) >= 11 is 2.11. The Morgan fingerprint density at radius 2 is 1.89 bits per heavy atom. The van der Waals surface area contributed by atoms with E-state index in [1.54, 1.807) is 12.1 Å². The molecule has 0 aromatic heterocycles. The third kappa shape index (κ3) is 6.28. The average molecular weight is 481 g/mol. The lowest BCUT2D eigenvalue weighted by Crippen LogP contribution is -2.24. The van der Waals surface area contributed by atoms with E-state index < -0.39 is 11.9 Å². The Bertz CT molecular complexity index is 849. The second-order valence-electron chi connectivity index (χ2n) is 5.58. The van der Waals surface area contributed by atoms with E-state index >= 15 is 0 Å². The minimum atomic E-state index is -1.22. The molecule has 0 bridgehead atoms. The van der Waals surface area contributed by atoms with Gasteiger partial charge in [0.2, 0.25) is 5.91 Å². The van der Waals surface area contributed by atoms with Crippen LogP contribution in [0.3, 0.4) is 0 Å². The van der Waals surface area contributed by atoms with Crippen molar-refractivity contribution in [3.63, 3.8) is 0 Å². The van der Waals surface area contributed by atoms with E-state index in [0.29, 0.717) is 30.3 Å². The summed E-state index contributed by atoms with van der Waals surface area (Å²) in [6.45, 7) is 3.93. The number of ether oxygens (including phenoxy) is 2. The number of hydrogen-bond donors (Lipinski definition) is 2. The van der Waals surface area contributed by atoms with Gasteiger partial charge in [0.1, 0.15) is 12.3 Å². The zero-order chi connectivity index (χ0) is 19.8. The zero-order valence-electron chi connectivity index (χ0n) is 15.0. The molecule has 0 saturated heterocycles. The van der Waals surface area contributed by atoms with Crippen LogP contribution in [0, 0.1) is 3.57 Å². The van der Waals surface area contributed by atoms with Crippen LogP contribution in [0.25, 0.3) is 6.08 Å². The topological polar surface area (TPSA) is 84.9 Å². The van der Waals surface area contributed by atoms with Crippen molar-refractivity contribution in [2.45, 2.75) is 20.5 Å². The normalized spacial score (nSPS) is 11.0. The Kier molecular flexibility index (Phi) is 7.66. The van der Waals surface area contributed by atoms with Gasteiger partial charge >= 0.3 is 5.97 Å². The average Bonchev–Trinajstić information content (AvgIpc) is 2.61. The number of carboxylic acid groups (broad SMARTS) is 1. The molecule has 142 valence electrons. The number of carbonyl (C=O) groups excluding carboxylic acids is 1. The van der Waals surface area contributed by atoms with Crippen LogP contribution in [-0.2, 0) is 16.2 Å². The molecule has 6 nitrogen and oxygen atoms in total. The number of halogens is 1. The fourth-order valence-corrected chi connectivity index (χ4v) is 3.09. The standard InChI is InChI=1S/C20H20INO5/c1-3-26-18-11-15(10-17(20(24)25)22-13(2)23)9-16(21)19(18)27-12-14-7-5-4-6-8-14/h4-11H,3,12H2,1-2H3,(H,22,23)(H,24,25). The molecule has 2 N–H and O–H groups in total. The van der Waals surface area contributed by atoms with E-state index in [2.05, 4.69) is 27.9 Å². The van der Waals surface area contributed by atoms with Crippen molar-refractivity contribution < 1.29 is 24.2 Å². The molecule has 0 radical (unpaired) electrons. The molecule has 0 aliphatic carbocycles. The van der Waals surface area contributed by atoms with Gasteiger partial charge in [-0.3, -0.25) is 4.79 Å². The van der Waals surface area contributed by atoms with E-state index in [1.807, 2.05) is 37.3 Å². The van der Waals surface area contributed by atoms with Crippen LogP contribution in [0.15, 0.2) is 48.2 Å². The highest BCUT2D eigenvalue weighted by atomic mass is 127. The fourth-order valence-electron chi connectivity index (χ4n) is 2.31. The molecule has 0 atom stereocenters. The summed E-state index contributed by atoms with van der Waals surface area (Å²) in [6, 6.07) is 13.2. The SMILES string of the molecule is CCOc1cc(C=C(NC(C)=O)C(=O)O)cc(I)c1OCc1ccccc1. The number of nitrogens with one attached hydrogen (secondary N) is 1. The molecule has 7 heteroatoms. The number of amides is 1. The molecule has 1 amide bonds. The van der Waals surface area contributed by atoms with Gasteiger partial charge in [0.25, 0.3) is 0 Å². The van der Waals surface area contributed by atoms with Crippen molar-refractivity contribution in [2.24, 2.45) is 0 Å². The second-order valence-corrected chi connectivity index (χ2v) is 6.74. The van der Waals surface area contributed by atoms with Crippen LogP contribution in [0.1, 0.15) is 25.0 Å². The first kappa shape index (κ1) is 20.8. The fraction of sp³-hybridized carbons (Fsp3) is 0.200. The smallest absolute Gasteiger partial charge is 0.352 e. The van der Waals surface area contributed by atoms with Gasteiger partial charge in [-0.15, -0.1) is 0 Å². The number of carbonyl (C=O) groups is 2. The molecule has 2 rings (SSSR count). The van der Waals surface area contributed by atoms with Gasteiger partial charge in [0.05, 0.1) is 10.2 Å². The molecule has 0 unspecified atom stereocenters. The van der Waals surface area contributed by atoms with Gasteiger partial charge < -0.3 is 19.9 Å². The largest absolute Gasteiger partial charge is 0.490 e. The Morgan fingerprint density at radius 3 is 2.48 bits per heavy atom. The van der Waals surface area contributed by atoms with Crippen molar-refractivity contribution in [2.75, 3.05) is 6.61 Å². The van der Waals surface area contributed by atoms with E-state index in [-0.39, 0.29) is 5.70 Å². The van der Waals surface area contributed by atoms with Gasteiger partial charge in [-0.2, -0.15) is 0 Å². The number of aliphatic carboxylic acids is 1. The number of rotatable bonds is 8. The molecule has 0 saturated carbocycles. The van der Waals surface area contributed by atoms with Crippen molar-refractivity contribution in [3.8, 4) is 11.5 Å². The van der Waals surface area contributed by atoms with E-state index in [0.717, 1.165) is 9.13 Å². The summed E-state index contributed by atoms with van der Waals surface area (Å²) in [5, 5.41) is 11.6. The Morgan fingerprint density at radius 1 is 1.19 bits per heavy atom. The number of hydrogen-bond acceptors (Lipinski definition) is 4. The quantitative estimate of drug-likeness (QED) is 0.443. The highest BCUT2D eigenvalue weighted by Gasteiger charge is 2.14. The Balaban J connectivity index is 2.34. The molecule has 2 aromatic carbocycles. The van der Waals surface area contributed by atoms with E-state index in [1.165, 1.54) is 13.0 Å². The first-order chi connectivity index (χ1) is 12.9. The lowest BCUT2D eigenvalue weighted by atomic mass is 10.1. The van der Waals surface area contributed by atoms with Crippen LogP contribution >= 0.6 is 22.6 Å². The molecule has 0 aliphatic heterocycles. The number of benzene rings is 2. The summed E-state index contributed by atoms with van der Waals surface area (Å²) in [5.41, 5.74) is 1.40. The molecule has 0 heterocycles. The predicted octanol–water partition coefficient (Wildman–Crippen LogP) is 3.83. The molecular formula is C20H20INO5.